The van der Waals surface area contributed by atoms with E-state index in [2.05, 4.69) is 16.7 Å². The Balaban J connectivity index is 0.000000963. The Kier molecular flexibility index (Phi) is 2.91. The van der Waals surface area contributed by atoms with E-state index in [0.29, 0.717) is 0 Å². The maximum Gasteiger partial charge on any atom is 0.252 e. The summed E-state index contributed by atoms with van der Waals surface area (Å²) in [5.41, 5.74) is 1.97. The summed E-state index contributed by atoms with van der Waals surface area (Å²) < 4.78 is 0. The van der Waals surface area contributed by atoms with Crippen molar-refractivity contribution in [2.75, 3.05) is 13.1 Å². The van der Waals surface area contributed by atoms with E-state index >= 15 is 0 Å². The Labute approximate surface area is 101 Å². The van der Waals surface area contributed by atoms with Crippen LogP contribution in [0.3, 0.4) is 0 Å². The molecule has 1 fully saturated rings. The number of rotatable bonds is 0. The summed E-state index contributed by atoms with van der Waals surface area (Å²) >= 11 is 0. The van der Waals surface area contributed by atoms with Gasteiger partial charge in [0.15, 0.2) is 0 Å². The van der Waals surface area contributed by atoms with Crippen LogP contribution < -0.4 is 10.6 Å². The van der Waals surface area contributed by atoms with Crippen LogP contribution in [-0.4, -0.2) is 19.0 Å². The Bertz CT molecular complexity index is 413. The van der Waals surface area contributed by atoms with Gasteiger partial charge in [0.2, 0.25) is 0 Å². The highest BCUT2D eigenvalue weighted by molar-refractivity contribution is 6.00. The second kappa shape index (κ2) is 4.07. The number of nitrogens with one attached hydrogen (secondary N) is 2. The molecule has 3 rings (SSSR count). The molecule has 1 amide bonds. The number of carbonyl (C=O) groups is 1. The molecule has 2 heterocycles. The zero-order valence-corrected chi connectivity index (χ0v) is 9.77. The van der Waals surface area contributed by atoms with Crippen LogP contribution in [0.5, 0.6) is 0 Å². The largest absolute Gasteiger partial charge is 0.342 e. The minimum absolute atomic E-state index is 0. The topological polar surface area (TPSA) is 41.1 Å². The van der Waals surface area contributed by atoms with Crippen molar-refractivity contribution in [2.45, 2.75) is 18.4 Å². The Morgan fingerprint density at radius 1 is 1.12 bits per heavy atom. The zero-order chi connectivity index (χ0) is 10.3. The van der Waals surface area contributed by atoms with Crippen LogP contribution in [0, 0.1) is 0 Å². The first-order chi connectivity index (χ1) is 7.32. The maximum atomic E-state index is 11.8. The number of fused-ring (bicyclic) bond motifs is 2. The molecule has 16 heavy (non-hydrogen) atoms. The molecule has 0 bridgehead atoms. The lowest BCUT2D eigenvalue weighted by Crippen LogP contribution is -2.47. The van der Waals surface area contributed by atoms with Gasteiger partial charge in [-0.2, -0.15) is 0 Å². The van der Waals surface area contributed by atoms with Gasteiger partial charge in [-0.3, -0.25) is 4.79 Å². The lowest BCUT2D eigenvalue weighted by molar-refractivity contribution is 0.0914. The number of hydrogen-bond acceptors (Lipinski definition) is 2. The molecule has 2 N–H and O–H groups in total. The van der Waals surface area contributed by atoms with Gasteiger partial charge < -0.3 is 10.6 Å². The van der Waals surface area contributed by atoms with Gasteiger partial charge in [-0.15, -0.1) is 12.4 Å². The van der Waals surface area contributed by atoms with E-state index < -0.39 is 0 Å². The van der Waals surface area contributed by atoms with E-state index in [1.54, 1.807) is 0 Å². The summed E-state index contributed by atoms with van der Waals surface area (Å²) in [6, 6.07) is 7.95. The molecule has 0 aromatic heterocycles. The predicted octanol–water partition coefficient (Wildman–Crippen LogP) is 1.43. The fraction of sp³-hybridized carbons (Fsp3) is 0.417. The summed E-state index contributed by atoms with van der Waals surface area (Å²) in [6.07, 6.45) is 1.99. The lowest BCUT2D eigenvalue weighted by atomic mass is 9.82. The van der Waals surface area contributed by atoms with Crippen LogP contribution in [0.4, 0.5) is 0 Å². The summed E-state index contributed by atoms with van der Waals surface area (Å²) in [7, 11) is 0. The van der Waals surface area contributed by atoms with Crippen LogP contribution in [0.2, 0.25) is 0 Å². The average molecular weight is 239 g/mol. The predicted molar refractivity (Wildman–Crippen MR) is 64.9 cm³/mol. The molecule has 0 unspecified atom stereocenters. The van der Waals surface area contributed by atoms with Crippen molar-refractivity contribution in [3.05, 3.63) is 35.4 Å². The van der Waals surface area contributed by atoms with Crippen molar-refractivity contribution in [2.24, 2.45) is 0 Å². The molecule has 0 atom stereocenters. The Morgan fingerprint density at radius 2 is 1.81 bits per heavy atom. The first-order valence-electron chi connectivity index (χ1n) is 5.45. The van der Waals surface area contributed by atoms with Gasteiger partial charge in [0, 0.05) is 5.56 Å². The van der Waals surface area contributed by atoms with Crippen molar-refractivity contribution >= 4 is 18.3 Å². The molecule has 2 aliphatic heterocycles. The summed E-state index contributed by atoms with van der Waals surface area (Å²) in [4.78, 5) is 11.8. The molecule has 1 saturated heterocycles. The number of piperidine rings is 1. The highest BCUT2D eigenvalue weighted by Gasteiger charge is 2.42. The second-order valence-electron chi connectivity index (χ2n) is 4.33. The zero-order valence-electron chi connectivity index (χ0n) is 8.95. The van der Waals surface area contributed by atoms with Crippen LogP contribution in [0.25, 0.3) is 0 Å². The normalized spacial score (nSPS) is 21.1. The lowest BCUT2D eigenvalue weighted by Gasteiger charge is -2.34. The van der Waals surface area contributed by atoms with Gasteiger partial charge in [0.05, 0.1) is 5.54 Å². The number of benzene rings is 1. The van der Waals surface area contributed by atoms with Crippen molar-refractivity contribution in [1.29, 1.82) is 0 Å². The molecule has 3 nitrogen and oxygen atoms in total. The molecule has 1 aromatic carbocycles. The van der Waals surface area contributed by atoms with Crippen molar-refractivity contribution in [3.8, 4) is 0 Å². The van der Waals surface area contributed by atoms with Gasteiger partial charge in [-0.1, -0.05) is 18.2 Å². The molecule has 86 valence electrons. The third kappa shape index (κ3) is 1.51. The highest BCUT2D eigenvalue weighted by Crippen LogP contribution is 2.37. The number of hydrogen-bond donors (Lipinski definition) is 2. The molecule has 4 heteroatoms. The smallest absolute Gasteiger partial charge is 0.252 e. The molecule has 0 saturated carbocycles. The highest BCUT2D eigenvalue weighted by atomic mass is 35.5. The maximum absolute atomic E-state index is 11.8. The first-order valence-corrected chi connectivity index (χ1v) is 5.45. The fourth-order valence-corrected chi connectivity index (χ4v) is 2.70. The van der Waals surface area contributed by atoms with Crippen molar-refractivity contribution in [1.82, 2.24) is 10.6 Å². The van der Waals surface area contributed by atoms with Crippen LogP contribution in [0.15, 0.2) is 24.3 Å². The second-order valence-corrected chi connectivity index (χ2v) is 4.33. The Morgan fingerprint density at radius 3 is 2.56 bits per heavy atom. The molecule has 2 aliphatic rings. The van der Waals surface area contributed by atoms with Gasteiger partial charge >= 0.3 is 0 Å². The summed E-state index contributed by atoms with van der Waals surface area (Å²) in [5, 5.41) is 6.49. The molecular formula is C12H15ClN2O. The number of carbonyl (C=O) groups excluding carboxylic acids is 1. The molecule has 0 aliphatic carbocycles. The average Bonchev–Trinajstić information content (AvgIpc) is 2.55. The third-order valence-corrected chi connectivity index (χ3v) is 3.50. The number of amides is 1. The molecule has 1 spiro atoms. The van der Waals surface area contributed by atoms with E-state index in [4.69, 9.17) is 0 Å². The third-order valence-electron chi connectivity index (χ3n) is 3.50. The molecule has 1 aromatic rings. The standard InChI is InChI=1S/C12H14N2O.ClH/c15-11-9-3-1-2-4-10(9)12(14-11)5-7-13-8-6-12;/h1-4,13H,5-8H2,(H,14,15);1H. The van der Waals surface area contributed by atoms with Crippen molar-refractivity contribution < 1.29 is 4.79 Å². The van der Waals surface area contributed by atoms with Gasteiger partial charge in [0.1, 0.15) is 0 Å². The van der Waals surface area contributed by atoms with Gasteiger partial charge in [-0.05, 0) is 37.6 Å². The van der Waals surface area contributed by atoms with E-state index in [0.717, 1.165) is 31.5 Å². The SMILES string of the molecule is Cl.O=C1NC2(CCNCC2)c2ccccc21. The van der Waals surface area contributed by atoms with E-state index in [1.807, 2.05) is 18.2 Å². The van der Waals surface area contributed by atoms with Crippen molar-refractivity contribution in [3.63, 3.8) is 0 Å². The van der Waals surface area contributed by atoms with Gasteiger partial charge in [-0.25, -0.2) is 0 Å². The minimum atomic E-state index is -0.0844. The quantitative estimate of drug-likeness (QED) is 0.718. The molecular weight excluding hydrogens is 224 g/mol. The summed E-state index contributed by atoms with van der Waals surface area (Å²) in [5.74, 6) is 0.0903. The van der Waals surface area contributed by atoms with Gasteiger partial charge in [0.25, 0.3) is 5.91 Å². The van der Waals surface area contributed by atoms with Crippen LogP contribution in [0.1, 0.15) is 28.8 Å². The van der Waals surface area contributed by atoms with Crippen LogP contribution in [-0.2, 0) is 5.54 Å². The fourth-order valence-electron chi connectivity index (χ4n) is 2.70. The first kappa shape index (κ1) is 11.4. The van der Waals surface area contributed by atoms with E-state index in [9.17, 15) is 4.79 Å². The minimum Gasteiger partial charge on any atom is -0.342 e. The monoisotopic (exact) mass is 238 g/mol. The van der Waals surface area contributed by atoms with Crippen LogP contribution >= 0.6 is 12.4 Å². The molecule has 0 radical (unpaired) electrons. The number of halogens is 1. The van der Waals surface area contributed by atoms with E-state index in [1.165, 1.54) is 5.56 Å². The van der Waals surface area contributed by atoms with E-state index in [-0.39, 0.29) is 23.9 Å². The summed E-state index contributed by atoms with van der Waals surface area (Å²) in [6.45, 7) is 1.96. The Hall–Kier alpha value is -1.06.